The largest absolute Gasteiger partial charge is 1.00 e. The van der Waals surface area contributed by atoms with Crippen LogP contribution in [0.2, 0.25) is 0 Å². The number of carbonyl (C=O) groups is 1. The van der Waals surface area contributed by atoms with Gasteiger partial charge in [0, 0.05) is 12.4 Å². The van der Waals surface area contributed by atoms with Crippen LogP contribution >= 0.6 is 0 Å². The SMILES string of the molecule is O=C([O-])CCOC(F)F.[Li+]. The third kappa shape index (κ3) is 10.8. The van der Waals surface area contributed by atoms with E-state index < -0.39 is 25.6 Å². The van der Waals surface area contributed by atoms with Gasteiger partial charge in [0.15, 0.2) is 0 Å². The summed E-state index contributed by atoms with van der Waals surface area (Å²) >= 11 is 0. The Bertz CT molecular complexity index is 98.5. The first-order valence-corrected chi connectivity index (χ1v) is 2.22. The van der Waals surface area contributed by atoms with Crippen molar-refractivity contribution in [2.24, 2.45) is 0 Å². The number of carboxylic acids is 1. The number of hydrogen-bond donors (Lipinski definition) is 0. The van der Waals surface area contributed by atoms with Crippen LogP contribution in [0.1, 0.15) is 6.42 Å². The Morgan fingerprint density at radius 1 is 1.60 bits per heavy atom. The van der Waals surface area contributed by atoms with Crippen LogP contribution in [0.25, 0.3) is 0 Å². The molecule has 0 bridgehead atoms. The van der Waals surface area contributed by atoms with Gasteiger partial charge in [-0.1, -0.05) is 0 Å². The molecule has 0 aromatic heterocycles. The van der Waals surface area contributed by atoms with Gasteiger partial charge in [0.1, 0.15) is 0 Å². The minimum atomic E-state index is -2.90. The molecular weight excluding hydrogens is 141 g/mol. The van der Waals surface area contributed by atoms with Gasteiger partial charge in [0.2, 0.25) is 0 Å². The van der Waals surface area contributed by atoms with E-state index in [0.717, 1.165) is 0 Å². The monoisotopic (exact) mass is 146 g/mol. The van der Waals surface area contributed by atoms with Crippen molar-refractivity contribution in [3.63, 3.8) is 0 Å². The van der Waals surface area contributed by atoms with E-state index in [0.29, 0.717) is 0 Å². The molecule has 0 aliphatic rings. The molecule has 0 atom stereocenters. The van der Waals surface area contributed by atoms with E-state index in [-0.39, 0.29) is 18.9 Å². The average molecular weight is 146 g/mol. The number of halogens is 2. The number of hydrogen-bond acceptors (Lipinski definition) is 3. The summed E-state index contributed by atoms with van der Waals surface area (Å²) in [5.74, 6) is -1.39. The summed E-state index contributed by atoms with van der Waals surface area (Å²) < 4.78 is 25.7. The van der Waals surface area contributed by atoms with E-state index in [1.54, 1.807) is 0 Å². The molecule has 0 heterocycles. The minimum absolute atomic E-state index is 0. The molecule has 0 N–H and O–H groups in total. The van der Waals surface area contributed by atoms with Crippen LogP contribution in [0.5, 0.6) is 0 Å². The molecule has 0 amide bonds. The maximum atomic E-state index is 11.0. The van der Waals surface area contributed by atoms with Crippen LogP contribution in [-0.4, -0.2) is 19.2 Å². The smallest absolute Gasteiger partial charge is 0.550 e. The van der Waals surface area contributed by atoms with Gasteiger partial charge in [0.25, 0.3) is 0 Å². The molecule has 0 radical (unpaired) electrons. The second-order valence-electron chi connectivity index (χ2n) is 1.25. The summed E-state index contributed by atoms with van der Waals surface area (Å²) in [7, 11) is 0. The van der Waals surface area contributed by atoms with Gasteiger partial charge in [-0.05, 0) is 0 Å². The number of alkyl halides is 2. The quantitative estimate of drug-likeness (QED) is 0.384. The normalized spacial score (nSPS) is 9.10. The maximum absolute atomic E-state index is 11.0. The first-order chi connectivity index (χ1) is 4.13. The first kappa shape index (κ1) is 12.6. The van der Waals surface area contributed by atoms with Crippen LogP contribution < -0.4 is 24.0 Å². The zero-order chi connectivity index (χ0) is 7.28. The van der Waals surface area contributed by atoms with Crippen LogP contribution in [0.3, 0.4) is 0 Å². The molecule has 0 rings (SSSR count). The predicted molar refractivity (Wildman–Crippen MR) is 21.6 cm³/mol. The van der Waals surface area contributed by atoms with Crippen LogP contribution in [-0.2, 0) is 9.53 Å². The molecule has 0 fully saturated rings. The van der Waals surface area contributed by atoms with E-state index in [1.165, 1.54) is 0 Å². The molecule has 0 aromatic rings. The molecule has 0 aliphatic heterocycles. The van der Waals surface area contributed by atoms with Crippen molar-refractivity contribution >= 4 is 5.97 Å². The topological polar surface area (TPSA) is 49.4 Å². The number of carbonyl (C=O) groups excluding carboxylic acids is 1. The van der Waals surface area contributed by atoms with Crippen LogP contribution in [0.15, 0.2) is 0 Å². The first-order valence-electron chi connectivity index (χ1n) is 2.22. The molecular formula is C4H5F2LiO3. The van der Waals surface area contributed by atoms with Crippen molar-refractivity contribution in [1.82, 2.24) is 0 Å². The average Bonchev–Trinajstić information content (AvgIpc) is 1.63. The predicted octanol–water partition coefficient (Wildman–Crippen LogP) is -3.63. The Morgan fingerprint density at radius 2 is 2.10 bits per heavy atom. The van der Waals surface area contributed by atoms with E-state index in [1.807, 2.05) is 0 Å². The molecule has 3 nitrogen and oxygen atoms in total. The minimum Gasteiger partial charge on any atom is -0.550 e. The van der Waals surface area contributed by atoms with Gasteiger partial charge in [0.05, 0.1) is 6.61 Å². The maximum Gasteiger partial charge on any atom is 1.00 e. The van der Waals surface area contributed by atoms with Crippen molar-refractivity contribution in [3.8, 4) is 0 Å². The van der Waals surface area contributed by atoms with E-state index in [2.05, 4.69) is 4.74 Å². The Hall–Kier alpha value is -0.113. The second kappa shape index (κ2) is 7.00. The molecule has 0 saturated heterocycles. The van der Waals surface area contributed by atoms with Crippen LogP contribution in [0.4, 0.5) is 8.78 Å². The molecule has 0 aromatic carbocycles. The summed E-state index contributed by atoms with van der Waals surface area (Å²) in [6.07, 6.45) is -0.496. The van der Waals surface area contributed by atoms with Crippen molar-refractivity contribution in [2.75, 3.05) is 6.61 Å². The molecule has 0 spiro atoms. The van der Waals surface area contributed by atoms with E-state index >= 15 is 0 Å². The number of aliphatic carboxylic acids is 1. The fraction of sp³-hybridized carbons (Fsp3) is 0.750. The summed E-state index contributed by atoms with van der Waals surface area (Å²) in [5, 5.41) is 9.54. The summed E-state index contributed by atoms with van der Waals surface area (Å²) in [6, 6.07) is 0. The van der Waals surface area contributed by atoms with Crippen LogP contribution in [0, 0.1) is 0 Å². The van der Waals surface area contributed by atoms with Crippen molar-refractivity contribution in [2.45, 2.75) is 13.0 Å². The molecule has 0 saturated carbocycles. The zero-order valence-corrected chi connectivity index (χ0v) is 5.47. The fourth-order valence-corrected chi connectivity index (χ4v) is 0.231. The van der Waals surface area contributed by atoms with Gasteiger partial charge in [-0.3, -0.25) is 0 Å². The van der Waals surface area contributed by atoms with Gasteiger partial charge >= 0.3 is 25.5 Å². The van der Waals surface area contributed by atoms with E-state index in [4.69, 9.17) is 0 Å². The van der Waals surface area contributed by atoms with Crippen molar-refractivity contribution in [3.05, 3.63) is 0 Å². The third-order valence-electron chi connectivity index (χ3n) is 0.550. The summed E-state index contributed by atoms with van der Waals surface area (Å²) in [4.78, 5) is 9.54. The van der Waals surface area contributed by atoms with Gasteiger partial charge in [-0.25, -0.2) is 0 Å². The molecule has 6 heteroatoms. The van der Waals surface area contributed by atoms with Gasteiger partial charge in [-0.2, -0.15) is 8.78 Å². The third-order valence-corrected chi connectivity index (χ3v) is 0.550. The summed E-state index contributed by atoms with van der Waals surface area (Å²) in [5.41, 5.74) is 0. The standard InChI is InChI=1S/C4H6F2O3.Li/c5-4(6)9-2-1-3(7)8;/h4H,1-2H2,(H,7,8);/q;+1/p-1. The Labute approximate surface area is 68.5 Å². The zero-order valence-electron chi connectivity index (χ0n) is 5.47. The molecule has 0 unspecified atom stereocenters. The van der Waals surface area contributed by atoms with Gasteiger partial charge in [-0.15, -0.1) is 0 Å². The van der Waals surface area contributed by atoms with E-state index in [9.17, 15) is 18.7 Å². The number of ether oxygens (including phenoxy) is 1. The molecule has 54 valence electrons. The van der Waals surface area contributed by atoms with Crippen molar-refractivity contribution in [1.29, 1.82) is 0 Å². The number of rotatable bonds is 4. The van der Waals surface area contributed by atoms with Gasteiger partial charge < -0.3 is 14.6 Å². The number of carboxylic acid groups (broad SMARTS) is 1. The Morgan fingerprint density at radius 3 is 2.40 bits per heavy atom. The fourth-order valence-electron chi connectivity index (χ4n) is 0.231. The second-order valence-corrected chi connectivity index (χ2v) is 1.25. The summed E-state index contributed by atoms with van der Waals surface area (Å²) in [6.45, 7) is -3.40. The Kier molecular flexibility index (Phi) is 8.79. The molecule has 0 aliphatic carbocycles. The van der Waals surface area contributed by atoms with Crippen molar-refractivity contribution < 1.29 is 42.3 Å². The Balaban J connectivity index is 0. The molecule has 10 heavy (non-hydrogen) atoms.